The maximum Gasteiger partial charge on any atom is 1.00 e. The van der Waals surface area contributed by atoms with Crippen molar-refractivity contribution in [2.45, 2.75) is 0 Å². The Morgan fingerprint density at radius 2 is 1.30 bits per heavy atom. The molecule has 2 heterocycles. The monoisotopic (exact) mass is 500 g/mol. The molecule has 2 aromatic rings. The van der Waals surface area contributed by atoms with Crippen molar-refractivity contribution in [1.82, 2.24) is 9.97 Å². The Bertz CT molecular complexity index is 778. The molecular weight excluding hydrogens is 487 g/mol. The third-order valence-electron chi connectivity index (χ3n) is 2.67. The molecule has 0 spiro atoms. The number of halogens is 2. The number of ether oxygens (including phenoxy) is 3. The molecule has 0 atom stereocenters. The van der Waals surface area contributed by atoms with Crippen LogP contribution in [0.4, 0.5) is 0 Å². The summed E-state index contributed by atoms with van der Waals surface area (Å²) in [4.78, 5) is 29.4. The van der Waals surface area contributed by atoms with Gasteiger partial charge in [-0.25, -0.2) is 19.6 Å². The van der Waals surface area contributed by atoms with Gasteiger partial charge < -0.3 is 24.8 Å². The van der Waals surface area contributed by atoms with Crippen LogP contribution in [0.5, 0.6) is 11.5 Å². The van der Waals surface area contributed by atoms with E-state index in [1.807, 2.05) is 0 Å². The van der Waals surface area contributed by atoms with Crippen molar-refractivity contribution in [2.75, 3.05) is 21.3 Å². The van der Waals surface area contributed by atoms with Gasteiger partial charge in [0.25, 0.3) is 0 Å². The van der Waals surface area contributed by atoms with Gasteiger partial charge in [-0.2, -0.15) is 0 Å². The van der Waals surface area contributed by atoms with Gasteiger partial charge in [-0.15, -0.1) is 0 Å². The SMILES string of the molecule is COC(=O)c1nc(Br)ccc1OC.COc1ccc(Br)nc1C(=O)O.[Li+].[OH-]. The molecular formula is C15H15Br2LiN2O7. The average molecular weight is 502 g/mol. The topological polar surface area (TPSA) is 138 Å². The molecule has 0 aliphatic heterocycles. The fourth-order valence-electron chi connectivity index (χ4n) is 1.57. The third kappa shape index (κ3) is 8.28. The maximum absolute atomic E-state index is 11.2. The number of hydrogen-bond donors (Lipinski definition) is 1. The van der Waals surface area contributed by atoms with Gasteiger partial charge in [-0.1, -0.05) is 0 Å². The molecule has 0 aliphatic carbocycles. The Kier molecular flexibility index (Phi) is 13.8. The second-order valence-electron chi connectivity index (χ2n) is 4.17. The van der Waals surface area contributed by atoms with Crippen molar-refractivity contribution in [3.63, 3.8) is 0 Å². The van der Waals surface area contributed by atoms with Crippen molar-refractivity contribution >= 4 is 43.8 Å². The number of carbonyl (C=O) groups excluding carboxylic acids is 1. The summed E-state index contributed by atoms with van der Waals surface area (Å²) in [5, 5.41) is 8.66. The average Bonchev–Trinajstić information content (AvgIpc) is 2.61. The summed E-state index contributed by atoms with van der Waals surface area (Å²) in [7, 11) is 4.17. The van der Waals surface area contributed by atoms with Gasteiger partial charge in [0.15, 0.2) is 22.9 Å². The molecule has 9 nitrogen and oxygen atoms in total. The molecule has 2 rings (SSSR count). The number of aromatic nitrogens is 2. The van der Waals surface area contributed by atoms with Crippen LogP contribution in [-0.2, 0) is 4.74 Å². The minimum Gasteiger partial charge on any atom is -0.870 e. The van der Waals surface area contributed by atoms with E-state index in [0.29, 0.717) is 15.0 Å². The zero-order valence-corrected chi connectivity index (χ0v) is 18.1. The van der Waals surface area contributed by atoms with Crippen LogP contribution in [0.2, 0.25) is 0 Å². The number of aromatic carboxylic acids is 1. The van der Waals surface area contributed by atoms with Crippen LogP contribution in [-0.4, -0.2) is 53.8 Å². The van der Waals surface area contributed by atoms with Gasteiger partial charge in [0.2, 0.25) is 0 Å². The van der Waals surface area contributed by atoms with E-state index in [-0.39, 0.29) is 41.5 Å². The predicted octanol–water partition coefficient (Wildman–Crippen LogP) is 0.0174. The number of methoxy groups -OCH3 is 3. The minimum absolute atomic E-state index is 0. The van der Waals surface area contributed by atoms with Crippen molar-refractivity contribution in [3.05, 3.63) is 44.9 Å². The molecule has 0 amide bonds. The Hall–Kier alpha value is -1.64. The van der Waals surface area contributed by atoms with Crippen molar-refractivity contribution in [2.24, 2.45) is 0 Å². The quantitative estimate of drug-likeness (QED) is 0.349. The smallest absolute Gasteiger partial charge is 0.870 e. The van der Waals surface area contributed by atoms with Crippen molar-refractivity contribution in [3.8, 4) is 11.5 Å². The van der Waals surface area contributed by atoms with Crippen LogP contribution in [0, 0.1) is 0 Å². The summed E-state index contributed by atoms with van der Waals surface area (Å²) < 4.78 is 15.3. The van der Waals surface area contributed by atoms with Gasteiger partial charge in [0.1, 0.15) is 9.21 Å². The molecule has 0 aliphatic rings. The van der Waals surface area contributed by atoms with E-state index >= 15 is 0 Å². The molecule has 0 radical (unpaired) electrons. The summed E-state index contributed by atoms with van der Waals surface area (Å²) >= 11 is 6.21. The molecule has 0 bridgehead atoms. The van der Waals surface area contributed by atoms with E-state index in [1.54, 1.807) is 24.3 Å². The van der Waals surface area contributed by atoms with E-state index in [9.17, 15) is 9.59 Å². The van der Waals surface area contributed by atoms with Crippen molar-refractivity contribution in [1.29, 1.82) is 0 Å². The van der Waals surface area contributed by atoms with E-state index in [0.717, 1.165) is 0 Å². The van der Waals surface area contributed by atoms with Crippen LogP contribution >= 0.6 is 31.9 Å². The fourth-order valence-corrected chi connectivity index (χ4v) is 2.19. The number of pyridine rings is 2. The predicted molar refractivity (Wildman–Crippen MR) is 97.2 cm³/mol. The Labute approximate surface area is 184 Å². The molecule has 0 unspecified atom stereocenters. The number of rotatable bonds is 4. The zero-order valence-electron chi connectivity index (χ0n) is 14.9. The second-order valence-corrected chi connectivity index (χ2v) is 5.79. The minimum atomic E-state index is -1.10. The molecule has 2 aromatic heterocycles. The van der Waals surface area contributed by atoms with Crippen molar-refractivity contribution < 1.29 is 53.2 Å². The van der Waals surface area contributed by atoms with E-state index in [2.05, 4.69) is 46.6 Å². The van der Waals surface area contributed by atoms with Gasteiger partial charge in [0, 0.05) is 0 Å². The summed E-state index contributed by atoms with van der Waals surface area (Å²) in [6, 6.07) is 6.49. The van der Waals surface area contributed by atoms with E-state index in [1.165, 1.54) is 21.3 Å². The summed E-state index contributed by atoms with van der Waals surface area (Å²) in [5.41, 5.74) is 0.0752. The summed E-state index contributed by atoms with van der Waals surface area (Å²) in [5.74, 6) is -0.966. The molecule has 0 saturated heterocycles. The normalized spacial score (nSPS) is 8.78. The first-order valence-corrected chi connectivity index (χ1v) is 8.15. The number of nitrogens with zero attached hydrogens (tertiary/aromatic N) is 2. The van der Waals surface area contributed by atoms with Crippen LogP contribution in [0.3, 0.4) is 0 Å². The standard InChI is InChI=1S/C8H8BrNO3.C7H6BrNO3.Li.H2O/c1-12-5-3-4-6(9)10-7(5)8(11)13-2;1-12-4-2-3-5(8)9-6(4)7(10)11;;/h3-4H,1-2H3;2-3H,1H3,(H,10,11);;1H2/q;;+1;/p-1. The Morgan fingerprint density at radius 3 is 1.67 bits per heavy atom. The Morgan fingerprint density at radius 1 is 0.889 bits per heavy atom. The molecule has 2 N–H and O–H groups in total. The first kappa shape index (κ1) is 27.6. The summed E-state index contributed by atoms with van der Waals surface area (Å²) in [6.45, 7) is 0. The molecule has 0 fully saturated rings. The van der Waals surface area contributed by atoms with Gasteiger partial charge in [-0.05, 0) is 56.1 Å². The van der Waals surface area contributed by atoms with Gasteiger partial charge in [0.05, 0.1) is 21.3 Å². The second kappa shape index (κ2) is 13.5. The molecule has 12 heteroatoms. The molecule has 27 heavy (non-hydrogen) atoms. The third-order valence-corrected chi connectivity index (χ3v) is 3.55. The van der Waals surface area contributed by atoms with E-state index < -0.39 is 11.9 Å². The van der Waals surface area contributed by atoms with Gasteiger partial charge in [-0.3, -0.25) is 0 Å². The number of carboxylic acids is 1. The first-order chi connectivity index (χ1) is 11.8. The van der Waals surface area contributed by atoms with Crippen LogP contribution < -0.4 is 28.3 Å². The number of carbonyl (C=O) groups is 2. The van der Waals surface area contributed by atoms with Crippen LogP contribution in [0.15, 0.2) is 33.5 Å². The van der Waals surface area contributed by atoms with Crippen LogP contribution in [0.25, 0.3) is 0 Å². The Balaban J connectivity index is 0. The maximum atomic E-state index is 11.2. The fraction of sp³-hybridized carbons (Fsp3) is 0.200. The largest absolute Gasteiger partial charge is 1.00 e. The zero-order chi connectivity index (χ0) is 19.0. The first-order valence-electron chi connectivity index (χ1n) is 6.56. The van der Waals surface area contributed by atoms with E-state index in [4.69, 9.17) is 14.6 Å². The number of esters is 1. The number of hydrogen-bond acceptors (Lipinski definition) is 8. The van der Waals surface area contributed by atoms with Crippen LogP contribution in [0.1, 0.15) is 21.0 Å². The van der Waals surface area contributed by atoms with Gasteiger partial charge >= 0.3 is 30.8 Å². The molecule has 142 valence electrons. The molecule has 0 aromatic carbocycles. The summed E-state index contributed by atoms with van der Waals surface area (Å²) in [6.07, 6.45) is 0. The molecule has 0 saturated carbocycles. The number of carboxylic acid groups (broad SMARTS) is 1.